The molecule has 0 bridgehead atoms. The second-order valence-electron chi connectivity index (χ2n) is 3.04. The number of carbonyl (C=O) groups excluding carboxylic acids is 1. The van der Waals surface area contributed by atoms with Crippen molar-refractivity contribution in [3.05, 3.63) is 47.1 Å². The number of rotatable bonds is 2. The third-order valence-corrected chi connectivity index (χ3v) is 2.57. The van der Waals surface area contributed by atoms with Gasteiger partial charge in [0.1, 0.15) is 0 Å². The zero-order valence-electron chi connectivity index (χ0n) is 8.24. The second-order valence-corrected chi connectivity index (χ2v) is 3.89. The minimum Gasteiger partial charge on any atom is -0.449 e. The Kier molecular flexibility index (Phi) is 3.26. The van der Waals surface area contributed by atoms with Crippen LogP contribution in [0.1, 0.15) is 0 Å². The van der Waals surface area contributed by atoms with Crippen molar-refractivity contribution in [1.29, 1.82) is 0 Å². The molecule has 5 heteroatoms. The summed E-state index contributed by atoms with van der Waals surface area (Å²) in [5.41, 5.74) is 0.701. The smallest absolute Gasteiger partial charge is 0.326 e. The Morgan fingerprint density at radius 1 is 1.12 bits per heavy atom. The molecule has 16 heavy (non-hydrogen) atoms. The van der Waals surface area contributed by atoms with E-state index >= 15 is 0 Å². The van der Waals surface area contributed by atoms with E-state index in [2.05, 4.69) is 26.6 Å². The first kappa shape index (κ1) is 10.8. The van der Waals surface area contributed by atoms with Gasteiger partial charge in [0.05, 0.1) is 12.0 Å². The van der Waals surface area contributed by atoms with Crippen molar-refractivity contribution < 1.29 is 9.21 Å². The van der Waals surface area contributed by atoms with Gasteiger partial charge in [0.2, 0.25) is 5.88 Å². The average Bonchev–Trinajstić information content (AvgIpc) is 2.74. The van der Waals surface area contributed by atoms with Crippen molar-refractivity contribution in [2.24, 2.45) is 0 Å². The maximum absolute atomic E-state index is 11.5. The van der Waals surface area contributed by atoms with Gasteiger partial charge in [-0.25, -0.2) is 4.79 Å². The average molecular weight is 281 g/mol. The van der Waals surface area contributed by atoms with Crippen LogP contribution < -0.4 is 10.6 Å². The molecule has 1 heterocycles. The largest absolute Gasteiger partial charge is 0.449 e. The van der Waals surface area contributed by atoms with Crippen LogP contribution in [0.25, 0.3) is 0 Å². The van der Waals surface area contributed by atoms with Crippen molar-refractivity contribution >= 4 is 33.5 Å². The van der Waals surface area contributed by atoms with Gasteiger partial charge in [-0.2, -0.15) is 0 Å². The fourth-order valence-electron chi connectivity index (χ4n) is 1.18. The normalized spacial score (nSPS) is 9.81. The molecule has 0 radical (unpaired) electrons. The first-order chi connectivity index (χ1) is 7.75. The fraction of sp³-hybridized carbons (Fsp3) is 0. The molecule has 0 aliphatic heterocycles. The molecule has 0 aliphatic carbocycles. The molecule has 0 spiro atoms. The minimum absolute atomic E-state index is 0.346. The zero-order chi connectivity index (χ0) is 11.4. The number of carbonyl (C=O) groups is 1. The first-order valence-corrected chi connectivity index (χ1v) is 5.41. The molecular formula is C11H9BrN2O2. The van der Waals surface area contributed by atoms with Gasteiger partial charge in [0.25, 0.3) is 0 Å². The van der Waals surface area contributed by atoms with E-state index in [4.69, 9.17) is 4.42 Å². The van der Waals surface area contributed by atoms with Crippen molar-refractivity contribution in [2.75, 3.05) is 10.6 Å². The lowest BCUT2D eigenvalue weighted by atomic mass is 10.3. The summed E-state index contributed by atoms with van der Waals surface area (Å²) < 4.78 is 5.81. The van der Waals surface area contributed by atoms with Crippen LogP contribution in [0.15, 0.2) is 51.6 Å². The van der Waals surface area contributed by atoms with E-state index in [1.807, 2.05) is 18.2 Å². The van der Waals surface area contributed by atoms with E-state index in [0.29, 0.717) is 11.6 Å². The van der Waals surface area contributed by atoms with Gasteiger partial charge < -0.3 is 9.73 Å². The molecule has 0 atom stereocenters. The van der Waals surface area contributed by atoms with E-state index in [9.17, 15) is 4.79 Å². The lowest BCUT2D eigenvalue weighted by molar-refractivity contribution is 0.261. The summed E-state index contributed by atoms with van der Waals surface area (Å²) in [5.74, 6) is 0.407. The molecule has 0 aliphatic rings. The number of hydrogen-bond donors (Lipinski definition) is 2. The van der Waals surface area contributed by atoms with Gasteiger partial charge in [-0.1, -0.05) is 12.1 Å². The monoisotopic (exact) mass is 280 g/mol. The number of hydrogen-bond acceptors (Lipinski definition) is 2. The highest BCUT2D eigenvalue weighted by molar-refractivity contribution is 9.10. The van der Waals surface area contributed by atoms with Crippen LogP contribution in [0.5, 0.6) is 0 Å². The Bertz CT molecular complexity index is 482. The molecule has 1 aromatic carbocycles. The molecule has 2 aromatic rings. The number of nitrogens with one attached hydrogen (secondary N) is 2. The van der Waals surface area contributed by atoms with Crippen LogP contribution >= 0.6 is 15.9 Å². The summed E-state index contributed by atoms with van der Waals surface area (Å²) in [4.78, 5) is 11.5. The van der Waals surface area contributed by atoms with Crippen molar-refractivity contribution in [3.63, 3.8) is 0 Å². The molecule has 2 amide bonds. The van der Waals surface area contributed by atoms with Crippen LogP contribution in [0.4, 0.5) is 16.4 Å². The standard InChI is InChI=1S/C11H9BrN2O2/c12-8-4-1-2-5-9(8)13-11(15)14-10-6-3-7-16-10/h1-7H,(H2,13,14,15). The molecule has 1 aromatic heterocycles. The van der Waals surface area contributed by atoms with E-state index < -0.39 is 0 Å². The highest BCUT2D eigenvalue weighted by Gasteiger charge is 2.05. The van der Waals surface area contributed by atoms with Crippen LogP contribution in [0.3, 0.4) is 0 Å². The van der Waals surface area contributed by atoms with Crippen molar-refractivity contribution in [2.45, 2.75) is 0 Å². The number of amides is 2. The van der Waals surface area contributed by atoms with Crippen LogP contribution in [0, 0.1) is 0 Å². The lowest BCUT2D eigenvalue weighted by Crippen LogP contribution is -2.19. The summed E-state index contributed by atoms with van der Waals surface area (Å²) in [5, 5.41) is 5.25. The van der Waals surface area contributed by atoms with Gasteiger partial charge in [-0.05, 0) is 34.1 Å². The molecule has 82 valence electrons. The second kappa shape index (κ2) is 4.85. The van der Waals surface area contributed by atoms with E-state index in [-0.39, 0.29) is 6.03 Å². The van der Waals surface area contributed by atoms with Crippen LogP contribution in [-0.4, -0.2) is 6.03 Å². The van der Waals surface area contributed by atoms with Gasteiger partial charge in [-0.15, -0.1) is 0 Å². The fourth-order valence-corrected chi connectivity index (χ4v) is 1.56. The molecule has 0 fully saturated rings. The number of para-hydroxylation sites is 1. The Hall–Kier alpha value is -1.75. The molecule has 2 N–H and O–H groups in total. The SMILES string of the molecule is O=C(Nc1ccco1)Nc1ccccc1Br. The number of furan rings is 1. The summed E-state index contributed by atoms with van der Waals surface area (Å²) in [7, 11) is 0. The maximum atomic E-state index is 11.5. The van der Waals surface area contributed by atoms with Gasteiger partial charge >= 0.3 is 6.03 Å². The molecule has 2 rings (SSSR count). The molecule has 0 unspecified atom stereocenters. The molecule has 0 saturated carbocycles. The summed E-state index contributed by atoms with van der Waals surface area (Å²) >= 11 is 3.34. The van der Waals surface area contributed by atoms with E-state index in [1.165, 1.54) is 6.26 Å². The van der Waals surface area contributed by atoms with Gasteiger partial charge in [-0.3, -0.25) is 5.32 Å². The number of anilines is 2. The first-order valence-electron chi connectivity index (χ1n) is 4.62. The van der Waals surface area contributed by atoms with E-state index in [1.54, 1.807) is 18.2 Å². The predicted octanol–water partition coefficient (Wildman–Crippen LogP) is 3.69. The number of urea groups is 1. The summed E-state index contributed by atoms with van der Waals surface area (Å²) in [6, 6.07) is 10.4. The number of benzene rings is 1. The van der Waals surface area contributed by atoms with E-state index in [0.717, 1.165) is 4.47 Å². The number of halogens is 1. The van der Waals surface area contributed by atoms with Crippen molar-refractivity contribution in [1.82, 2.24) is 0 Å². The Balaban J connectivity index is 2.00. The minimum atomic E-state index is -0.346. The summed E-state index contributed by atoms with van der Waals surface area (Å²) in [6.07, 6.45) is 1.49. The highest BCUT2D eigenvalue weighted by atomic mass is 79.9. The maximum Gasteiger partial charge on any atom is 0.326 e. The highest BCUT2D eigenvalue weighted by Crippen LogP contribution is 2.21. The third kappa shape index (κ3) is 2.64. The van der Waals surface area contributed by atoms with Crippen LogP contribution in [0.2, 0.25) is 0 Å². The van der Waals surface area contributed by atoms with Gasteiger partial charge in [0, 0.05) is 10.5 Å². The quantitative estimate of drug-likeness (QED) is 0.882. The Labute approximate surface area is 101 Å². The van der Waals surface area contributed by atoms with Crippen LogP contribution in [-0.2, 0) is 0 Å². The molecule has 0 saturated heterocycles. The van der Waals surface area contributed by atoms with Crippen molar-refractivity contribution in [3.8, 4) is 0 Å². The van der Waals surface area contributed by atoms with Gasteiger partial charge in [0.15, 0.2) is 0 Å². The molecule has 4 nitrogen and oxygen atoms in total. The topological polar surface area (TPSA) is 54.3 Å². The Morgan fingerprint density at radius 2 is 1.94 bits per heavy atom. The third-order valence-electron chi connectivity index (χ3n) is 1.88. The summed E-state index contributed by atoms with van der Waals surface area (Å²) in [6.45, 7) is 0. The molecular weight excluding hydrogens is 272 g/mol. The Morgan fingerprint density at radius 3 is 2.62 bits per heavy atom. The zero-order valence-corrected chi connectivity index (χ0v) is 9.82. The lowest BCUT2D eigenvalue weighted by Gasteiger charge is -2.06. The predicted molar refractivity (Wildman–Crippen MR) is 65.5 cm³/mol.